The monoisotopic (exact) mass is 336 g/mol. The number of carbonyl (C=O) groups is 1. The number of hydrogen-bond donors (Lipinski definition) is 2. The van der Waals surface area contributed by atoms with Gasteiger partial charge in [0.05, 0.1) is 17.3 Å². The first-order valence-electron chi connectivity index (χ1n) is 6.45. The van der Waals surface area contributed by atoms with Crippen molar-refractivity contribution in [2.24, 2.45) is 5.92 Å². The fraction of sp³-hybridized carbons (Fsp3) is 0.500. The first-order valence-corrected chi connectivity index (χ1v) is 6.83. The minimum atomic E-state index is -0.147. The number of para-hydroxylation sites is 1. The zero-order valence-corrected chi connectivity index (χ0v) is 14.0. The normalized spacial score (nSPS) is 11.4. The van der Waals surface area contributed by atoms with Crippen molar-refractivity contribution in [2.75, 3.05) is 39.2 Å². The van der Waals surface area contributed by atoms with E-state index in [0.29, 0.717) is 36.2 Å². The van der Waals surface area contributed by atoms with Gasteiger partial charge in [0, 0.05) is 19.6 Å². The molecule has 120 valence electrons. The van der Waals surface area contributed by atoms with E-state index in [9.17, 15) is 4.79 Å². The topological polar surface area (TPSA) is 59.6 Å². The van der Waals surface area contributed by atoms with Gasteiger partial charge in [-0.05, 0) is 19.2 Å². The van der Waals surface area contributed by atoms with Crippen LogP contribution in [0.15, 0.2) is 18.2 Å². The molecule has 0 spiro atoms. The molecule has 1 aromatic rings. The lowest BCUT2D eigenvalue weighted by atomic mass is 10.1. The van der Waals surface area contributed by atoms with Gasteiger partial charge in [-0.3, -0.25) is 4.79 Å². The molecule has 1 unspecified atom stereocenters. The Kier molecular flexibility index (Phi) is 10.2. The summed E-state index contributed by atoms with van der Waals surface area (Å²) in [4.78, 5) is 12.0. The van der Waals surface area contributed by atoms with E-state index in [1.165, 1.54) is 0 Å². The molecule has 1 aromatic carbocycles. The van der Waals surface area contributed by atoms with Crippen LogP contribution in [-0.2, 0) is 9.53 Å². The van der Waals surface area contributed by atoms with Crippen LogP contribution in [0.3, 0.4) is 0 Å². The quantitative estimate of drug-likeness (QED) is 0.716. The van der Waals surface area contributed by atoms with Crippen LogP contribution in [0.5, 0.6) is 5.75 Å². The van der Waals surface area contributed by atoms with Gasteiger partial charge in [-0.15, -0.1) is 12.4 Å². The summed E-state index contributed by atoms with van der Waals surface area (Å²) in [6.07, 6.45) is 0. The third kappa shape index (κ3) is 6.52. The molecule has 21 heavy (non-hydrogen) atoms. The van der Waals surface area contributed by atoms with Crippen molar-refractivity contribution in [1.29, 1.82) is 0 Å². The highest BCUT2D eigenvalue weighted by atomic mass is 35.5. The van der Waals surface area contributed by atoms with Crippen LogP contribution in [0, 0.1) is 5.92 Å². The Hall–Kier alpha value is -1.01. The van der Waals surface area contributed by atoms with Gasteiger partial charge in [0.1, 0.15) is 6.61 Å². The fourth-order valence-electron chi connectivity index (χ4n) is 1.64. The molecule has 7 heteroatoms. The molecule has 0 heterocycles. The van der Waals surface area contributed by atoms with Crippen molar-refractivity contribution < 1.29 is 14.3 Å². The lowest BCUT2D eigenvalue weighted by Crippen LogP contribution is -2.28. The number of amides is 1. The Labute approximate surface area is 136 Å². The first kappa shape index (κ1) is 20.0. The number of ether oxygens (including phenoxy) is 2. The highest BCUT2D eigenvalue weighted by molar-refractivity contribution is 6.32. The van der Waals surface area contributed by atoms with Crippen LogP contribution >= 0.6 is 24.0 Å². The molecule has 1 atom stereocenters. The summed E-state index contributed by atoms with van der Waals surface area (Å²) >= 11 is 6.10. The first-order chi connectivity index (χ1) is 9.60. The Morgan fingerprint density at radius 1 is 1.38 bits per heavy atom. The van der Waals surface area contributed by atoms with Gasteiger partial charge < -0.3 is 20.1 Å². The largest absolute Gasteiger partial charge is 0.487 e. The second kappa shape index (κ2) is 10.7. The minimum absolute atomic E-state index is 0. The zero-order valence-electron chi connectivity index (χ0n) is 12.4. The molecule has 0 saturated carbocycles. The Balaban J connectivity index is 0.00000400. The van der Waals surface area contributed by atoms with Crippen LogP contribution in [0.1, 0.15) is 6.92 Å². The number of anilines is 1. The second-order valence-corrected chi connectivity index (χ2v) is 4.81. The highest BCUT2D eigenvalue weighted by Gasteiger charge is 2.15. The third-order valence-corrected chi connectivity index (χ3v) is 3.01. The number of hydrogen-bond acceptors (Lipinski definition) is 4. The van der Waals surface area contributed by atoms with E-state index in [-0.39, 0.29) is 24.2 Å². The molecule has 5 nitrogen and oxygen atoms in total. The molecular weight excluding hydrogens is 315 g/mol. The second-order valence-electron chi connectivity index (χ2n) is 4.41. The van der Waals surface area contributed by atoms with E-state index >= 15 is 0 Å². The predicted molar refractivity (Wildman–Crippen MR) is 87.8 cm³/mol. The van der Waals surface area contributed by atoms with E-state index in [1.807, 2.05) is 14.0 Å². The molecule has 0 aromatic heterocycles. The summed E-state index contributed by atoms with van der Waals surface area (Å²) in [5.41, 5.74) is 0.571. The van der Waals surface area contributed by atoms with Crippen molar-refractivity contribution in [3.05, 3.63) is 23.2 Å². The standard InChI is InChI=1S/C14H21ClN2O3.ClH/c1-10(9-16-2)14(18)17-12-6-4-5-11(15)13(12)20-8-7-19-3;/h4-6,10,16H,7-9H2,1-3H3,(H,17,18);1H. The van der Waals surface area contributed by atoms with Crippen LogP contribution < -0.4 is 15.4 Å². The van der Waals surface area contributed by atoms with E-state index in [0.717, 1.165) is 0 Å². The summed E-state index contributed by atoms with van der Waals surface area (Å²) in [7, 11) is 3.40. The molecule has 0 fully saturated rings. The molecule has 0 saturated heterocycles. The Morgan fingerprint density at radius 3 is 2.71 bits per heavy atom. The van der Waals surface area contributed by atoms with E-state index in [4.69, 9.17) is 21.1 Å². The van der Waals surface area contributed by atoms with Crippen molar-refractivity contribution >= 4 is 35.6 Å². The average molecular weight is 337 g/mol. The summed E-state index contributed by atoms with van der Waals surface area (Å²) in [6, 6.07) is 5.25. The maximum Gasteiger partial charge on any atom is 0.228 e. The van der Waals surface area contributed by atoms with E-state index in [2.05, 4.69) is 10.6 Å². The molecule has 1 amide bonds. The third-order valence-electron chi connectivity index (χ3n) is 2.72. The number of carbonyl (C=O) groups excluding carboxylic acids is 1. The van der Waals surface area contributed by atoms with Crippen LogP contribution in [0.4, 0.5) is 5.69 Å². The lowest BCUT2D eigenvalue weighted by molar-refractivity contribution is -0.119. The van der Waals surface area contributed by atoms with Gasteiger partial charge in [0.15, 0.2) is 5.75 Å². The summed E-state index contributed by atoms with van der Waals surface area (Å²) in [5, 5.41) is 6.26. The number of benzene rings is 1. The molecule has 0 aliphatic rings. The summed E-state index contributed by atoms with van der Waals surface area (Å²) < 4.78 is 10.5. The van der Waals surface area contributed by atoms with Gasteiger partial charge in [0.2, 0.25) is 5.91 Å². The van der Waals surface area contributed by atoms with Crippen molar-refractivity contribution in [2.45, 2.75) is 6.92 Å². The Morgan fingerprint density at radius 2 is 2.10 bits per heavy atom. The van der Waals surface area contributed by atoms with Gasteiger partial charge in [-0.1, -0.05) is 24.6 Å². The molecule has 0 radical (unpaired) electrons. The molecule has 0 bridgehead atoms. The number of rotatable bonds is 8. The van der Waals surface area contributed by atoms with Crippen LogP contribution in [0.2, 0.25) is 5.02 Å². The maximum absolute atomic E-state index is 12.0. The Bertz CT molecular complexity index is 444. The van der Waals surface area contributed by atoms with E-state index in [1.54, 1.807) is 25.3 Å². The predicted octanol–water partition coefficient (Wildman–Crippen LogP) is 2.58. The van der Waals surface area contributed by atoms with Gasteiger partial charge in [-0.25, -0.2) is 0 Å². The van der Waals surface area contributed by atoms with Crippen molar-refractivity contribution in [3.8, 4) is 5.75 Å². The van der Waals surface area contributed by atoms with Gasteiger partial charge in [0.25, 0.3) is 0 Å². The molecule has 1 rings (SSSR count). The summed E-state index contributed by atoms with van der Waals surface area (Å²) in [6.45, 7) is 3.28. The molecule has 0 aliphatic heterocycles. The smallest absolute Gasteiger partial charge is 0.228 e. The molecule has 2 N–H and O–H groups in total. The molecular formula is C14H22Cl2N2O3. The van der Waals surface area contributed by atoms with E-state index < -0.39 is 0 Å². The number of halogens is 2. The van der Waals surface area contributed by atoms with Crippen molar-refractivity contribution in [3.63, 3.8) is 0 Å². The van der Waals surface area contributed by atoms with Crippen molar-refractivity contribution in [1.82, 2.24) is 5.32 Å². The zero-order chi connectivity index (χ0) is 15.0. The molecule has 0 aliphatic carbocycles. The number of methoxy groups -OCH3 is 1. The van der Waals surface area contributed by atoms with Gasteiger partial charge in [-0.2, -0.15) is 0 Å². The van der Waals surface area contributed by atoms with Crippen LogP contribution in [-0.4, -0.2) is 39.8 Å². The average Bonchev–Trinajstić information content (AvgIpc) is 2.42. The summed E-state index contributed by atoms with van der Waals surface area (Å²) in [5.74, 6) is 0.236. The maximum atomic E-state index is 12.0. The van der Waals surface area contributed by atoms with Crippen LogP contribution in [0.25, 0.3) is 0 Å². The van der Waals surface area contributed by atoms with Gasteiger partial charge >= 0.3 is 0 Å². The lowest BCUT2D eigenvalue weighted by Gasteiger charge is -2.16. The fourth-order valence-corrected chi connectivity index (χ4v) is 1.86. The SMILES string of the molecule is CNCC(C)C(=O)Nc1cccc(Cl)c1OCCOC.Cl. The highest BCUT2D eigenvalue weighted by Crippen LogP contribution is 2.33. The number of nitrogens with one attached hydrogen (secondary N) is 2. The minimum Gasteiger partial charge on any atom is -0.487 e.